The van der Waals surface area contributed by atoms with E-state index in [-0.39, 0.29) is 24.5 Å². The highest BCUT2D eigenvalue weighted by Gasteiger charge is 2.06. The predicted molar refractivity (Wildman–Crippen MR) is 49.6 cm³/mol. The van der Waals surface area contributed by atoms with Gasteiger partial charge in [-0.3, -0.25) is 15.1 Å². The highest BCUT2D eigenvalue weighted by Crippen LogP contribution is 2.02. The van der Waals surface area contributed by atoms with Crippen LogP contribution in [0.1, 0.15) is 11.3 Å². The maximum atomic E-state index is 11.4. The average molecular weight is 194 g/mol. The number of aryl methyl sites for hydroxylation is 1. The molecule has 6 heteroatoms. The molecule has 74 valence electrons. The number of aliphatic hydroxyl groups excluding tert-OH is 1. The Morgan fingerprint density at radius 3 is 2.93 bits per heavy atom. The van der Waals surface area contributed by atoms with Crippen molar-refractivity contribution in [2.75, 3.05) is 11.9 Å². The maximum Gasteiger partial charge on any atom is 0.255 e. The van der Waals surface area contributed by atoms with E-state index in [9.17, 15) is 4.79 Å². The largest absolute Gasteiger partial charge is 0.396 e. The monoisotopic (exact) mass is 194 g/mol. The number of rotatable bonds is 3. The highest BCUT2D eigenvalue weighted by atomic mass is 16.3. The van der Waals surface area contributed by atoms with Crippen molar-refractivity contribution < 1.29 is 5.11 Å². The molecule has 0 aliphatic carbocycles. The first-order valence-corrected chi connectivity index (χ1v) is 4.04. The average Bonchev–Trinajstić information content (AvgIpc) is 2.12. The quantitative estimate of drug-likeness (QED) is 0.445. The Bertz CT molecular complexity index is 418. The van der Waals surface area contributed by atoms with Crippen molar-refractivity contribution in [3.05, 3.63) is 21.6 Å². The van der Waals surface area contributed by atoms with Crippen LogP contribution in [0.15, 0.2) is 4.79 Å². The number of hydrogen-bond acceptors (Lipinski definition) is 5. The first-order valence-electron chi connectivity index (χ1n) is 4.04. The number of nitriles is 1. The summed E-state index contributed by atoms with van der Waals surface area (Å²) in [5.74, 6) is 0.122. The first-order chi connectivity index (χ1) is 6.69. The molecule has 1 rings (SSSR count). The molecule has 0 saturated carbocycles. The summed E-state index contributed by atoms with van der Waals surface area (Å²) in [6.07, 6.45) is 1.92. The minimum atomic E-state index is -0.329. The zero-order chi connectivity index (χ0) is 10.6. The lowest BCUT2D eigenvalue weighted by atomic mass is 10.2. The van der Waals surface area contributed by atoms with E-state index >= 15 is 0 Å². The third kappa shape index (κ3) is 2.08. The van der Waals surface area contributed by atoms with Crippen LogP contribution in [0.2, 0.25) is 0 Å². The van der Waals surface area contributed by atoms with E-state index in [1.165, 1.54) is 0 Å². The second-order valence-electron chi connectivity index (χ2n) is 2.69. The van der Waals surface area contributed by atoms with Crippen LogP contribution in [-0.2, 0) is 6.42 Å². The fraction of sp³-hybridized carbons (Fsp3) is 0.375. The van der Waals surface area contributed by atoms with Gasteiger partial charge in [-0.15, -0.1) is 0 Å². The molecule has 1 aromatic rings. The van der Waals surface area contributed by atoms with Crippen molar-refractivity contribution in [3.8, 4) is 6.19 Å². The summed E-state index contributed by atoms with van der Waals surface area (Å²) >= 11 is 0. The summed E-state index contributed by atoms with van der Waals surface area (Å²) in [6, 6.07) is 0. The van der Waals surface area contributed by atoms with Crippen LogP contribution in [0.4, 0.5) is 5.95 Å². The van der Waals surface area contributed by atoms with Crippen LogP contribution < -0.4 is 10.9 Å². The van der Waals surface area contributed by atoms with E-state index in [0.29, 0.717) is 11.3 Å². The van der Waals surface area contributed by atoms with E-state index in [2.05, 4.69) is 15.3 Å². The van der Waals surface area contributed by atoms with Crippen molar-refractivity contribution in [2.45, 2.75) is 13.3 Å². The Hall–Kier alpha value is -1.87. The Morgan fingerprint density at radius 1 is 1.71 bits per heavy atom. The second-order valence-corrected chi connectivity index (χ2v) is 2.69. The molecular weight excluding hydrogens is 184 g/mol. The molecule has 0 aromatic carbocycles. The van der Waals surface area contributed by atoms with Gasteiger partial charge < -0.3 is 5.11 Å². The molecule has 6 nitrogen and oxygen atoms in total. The standard InChI is InChI=1S/C8H10N4O2/c1-5-6(2-3-13)7(14)12-8(11-5)10-4-9/h13H,2-3H2,1H3,(H2,10,11,12,14). The molecule has 0 spiro atoms. The fourth-order valence-corrected chi connectivity index (χ4v) is 1.13. The van der Waals surface area contributed by atoms with Gasteiger partial charge in [0.1, 0.15) is 0 Å². The Kier molecular flexibility index (Phi) is 3.20. The number of nitrogens with one attached hydrogen (secondary N) is 2. The summed E-state index contributed by atoms with van der Waals surface area (Å²) in [5, 5.41) is 19.2. The van der Waals surface area contributed by atoms with Gasteiger partial charge in [-0.2, -0.15) is 5.26 Å². The molecule has 1 heterocycles. The van der Waals surface area contributed by atoms with Gasteiger partial charge >= 0.3 is 0 Å². The minimum absolute atomic E-state index is 0.101. The topological polar surface area (TPSA) is 102 Å². The maximum absolute atomic E-state index is 11.4. The third-order valence-electron chi connectivity index (χ3n) is 1.76. The summed E-state index contributed by atoms with van der Waals surface area (Å²) in [5.41, 5.74) is 0.626. The fourth-order valence-electron chi connectivity index (χ4n) is 1.13. The molecule has 0 unspecified atom stereocenters. The van der Waals surface area contributed by atoms with E-state index in [4.69, 9.17) is 10.4 Å². The summed E-state index contributed by atoms with van der Waals surface area (Å²) in [4.78, 5) is 17.7. The number of H-pyrrole nitrogens is 1. The molecule has 0 aliphatic rings. The Labute approximate surface area is 80.2 Å². The lowest BCUT2D eigenvalue weighted by molar-refractivity contribution is 0.298. The number of anilines is 1. The Balaban J connectivity index is 3.13. The number of hydrogen-bond donors (Lipinski definition) is 3. The van der Waals surface area contributed by atoms with Gasteiger partial charge in [-0.1, -0.05) is 0 Å². The molecule has 0 aliphatic heterocycles. The summed E-state index contributed by atoms with van der Waals surface area (Å²) < 4.78 is 0. The van der Waals surface area contributed by atoms with E-state index < -0.39 is 0 Å². The molecule has 14 heavy (non-hydrogen) atoms. The molecular formula is C8H10N4O2. The molecule has 0 fully saturated rings. The second kappa shape index (κ2) is 4.39. The number of aliphatic hydroxyl groups is 1. The van der Waals surface area contributed by atoms with Crippen LogP contribution in [0.3, 0.4) is 0 Å². The van der Waals surface area contributed by atoms with Crippen LogP contribution >= 0.6 is 0 Å². The van der Waals surface area contributed by atoms with Gasteiger partial charge in [0.2, 0.25) is 5.95 Å². The number of aromatic amines is 1. The molecule has 0 bridgehead atoms. The van der Waals surface area contributed by atoms with Crippen LogP contribution in [0.5, 0.6) is 0 Å². The van der Waals surface area contributed by atoms with Crippen molar-refractivity contribution in [2.24, 2.45) is 0 Å². The highest BCUT2D eigenvalue weighted by molar-refractivity contribution is 5.32. The minimum Gasteiger partial charge on any atom is -0.396 e. The van der Waals surface area contributed by atoms with Gasteiger partial charge in [-0.05, 0) is 6.92 Å². The van der Waals surface area contributed by atoms with E-state index in [1.54, 1.807) is 13.1 Å². The molecule has 0 radical (unpaired) electrons. The summed E-state index contributed by atoms with van der Waals surface area (Å²) in [6.45, 7) is 1.55. The molecule has 1 aromatic heterocycles. The zero-order valence-corrected chi connectivity index (χ0v) is 7.66. The van der Waals surface area contributed by atoms with Gasteiger partial charge in [0.25, 0.3) is 5.56 Å². The number of aromatic nitrogens is 2. The van der Waals surface area contributed by atoms with E-state index in [0.717, 1.165) is 0 Å². The van der Waals surface area contributed by atoms with Crippen molar-refractivity contribution in [3.63, 3.8) is 0 Å². The SMILES string of the molecule is Cc1nc(NC#N)[nH]c(=O)c1CCO. The Morgan fingerprint density at radius 2 is 2.43 bits per heavy atom. The van der Waals surface area contributed by atoms with Crippen LogP contribution in [0.25, 0.3) is 0 Å². The van der Waals surface area contributed by atoms with Crippen molar-refractivity contribution in [1.82, 2.24) is 9.97 Å². The zero-order valence-electron chi connectivity index (χ0n) is 7.66. The lowest BCUT2D eigenvalue weighted by Crippen LogP contribution is -2.19. The molecule has 0 atom stereocenters. The normalized spacial score (nSPS) is 9.50. The molecule has 0 amide bonds. The summed E-state index contributed by atoms with van der Waals surface area (Å²) in [7, 11) is 0. The van der Waals surface area contributed by atoms with E-state index in [1.807, 2.05) is 0 Å². The predicted octanol–water partition coefficient (Wildman–Crippen LogP) is -0.494. The van der Waals surface area contributed by atoms with Crippen LogP contribution in [-0.4, -0.2) is 21.7 Å². The lowest BCUT2D eigenvalue weighted by Gasteiger charge is -2.03. The van der Waals surface area contributed by atoms with Crippen molar-refractivity contribution >= 4 is 5.95 Å². The number of nitrogens with zero attached hydrogens (tertiary/aromatic N) is 2. The van der Waals surface area contributed by atoms with Gasteiger partial charge in [0.15, 0.2) is 6.19 Å². The third-order valence-corrected chi connectivity index (χ3v) is 1.76. The molecule has 0 saturated heterocycles. The molecule has 3 N–H and O–H groups in total. The van der Waals surface area contributed by atoms with Crippen molar-refractivity contribution in [1.29, 1.82) is 5.26 Å². The van der Waals surface area contributed by atoms with Gasteiger partial charge in [0.05, 0.1) is 5.69 Å². The van der Waals surface area contributed by atoms with Gasteiger partial charge in [0, 0.05) is 18.6 Å². The smallest absolute Gasteiger partial charge is 0.255 e. The first kappa shape index (κ1) is 10.2. The van der Waals surface area contributed by atoms with Gasteiger partial charge in [-0.25, -0.2) is 4.98 Å². The van der Waals surface area contributed by atoms with Crippen LogP contribution in [0, 0.1) is 18.4 Å².